The van der Waals surface area contributed by atoms with Crippen molar-refractivity contribution in [1.29, 1.82) is 0 Å². The van der Waals surface area contributed by atoms with Gasteiger partial charge in [-0.15, -0.1) is 0 Å². The van der Waals surface area contributed by atoms with Gasteiger partial charge in [-0.1, -0.05) is 13.3 Å². The van der Waals surface area contributed by atoms with Gasteiger partial charge in [-0.2, -0.15) is 0 Å². The molecule has 1 aromatic carbocycles. The molecule has 5 nitrogen and oxygen atoms in total. The molecule has 0 radical (unpaired) electrons. The summed E-state index contributed by atoms with van der Waals surface area (Å²) in [4.78, 5) is 11.8. The number of ether oxygens (including phenoxy) is 1. The lowest BCUT2D eigenvalue weighted by Crippen LogP contribution is -2.10. The van der Waals surface area contributed by atoms with E-state index >= 15 is 0 Å². The number of furan rings is 1. The summed E-state index contributed by atoms with van der Waals surface area (Å²) < 4.78 is 10.6. The fourth-order valence-electron chi connectivity index (χ4n) is 1.64. The number of carbonyl (C=O) groups excluding carboxylic acids is 1. The van der Waals surface area contributed by atoms with Crippen molar-refractivity contribution in [2.24, 2.45) is 0 Å². The van der Waals surface area contributed by atoms with Gasteiger partial charge in [-0.05, 0) is 36.8 Å². The number of nitrogens with two attached hydrogens (primary N) is 1. The normalized spacial score (nSPS) is 10.2. The molecule has 5 heteroatoms. The molecule has 1 aromatic heterocycles. The lowest BCUT2D eigenvalue weighted by molar-refractivity contribution is 0.0997. The highest BCUT2D eigenvalue weighted by atomic mass is 16.5. The third-order valence-electron chi connectivity index (χ3n) is 2.73. The molecule has 0 bridgehead atoms. The molecule has 0 saturated heterocycles. The summed E-state index contributed by atoms with van der Waals surface area (Å²) in [6, 6.07) is 10.3. The smallest absolute Gasteiger partial charge is 0.291 e. The molecule has 1 heterocycles. The number of carbonyl (C=O) groups is 1. The largest absolute Gasteiger partial charge is 0.494 e. The van der Waals surface area contributed by atoms with E-state index in [4.69, 9.17) is 14.9 Å². The SMILES string of the molecule is CCCCOc1ccc(NC(=O)c2ccc(N)o2)cc1. The maximum atomic E-state index is 11.8. The molecule has 0 saturated carbocycles. The molecule has 1 amide bonds. The molecule has 0 unspecified atom stereocenters. The Labute approximate surface area is 117 Å². The number of nitrogen functional groups attached to an aromatic ring is 1. The van der Waals surface area contributed by atoms with E-state index < -0.39 is 0 Å². The first-order chi connectivity index (χ1) is 9.69. The number of amides is 1. The third kappa shape index (κ3) is 3.78. The Morgan fingerprint density at radius 2 is 2.00 bits per heavy atom. The molecule has 20 heavy (non-hydrogen) atoms. The van der Waals surface area contributed by atoms with Crippen LogP contribution in [0.15, 0.2) is 40.8 Å². The quantitative estimate of drug-likeness (QED) is 0.792. The van der Waals surface area contributed by atoms with Crippen molar-refractivity contribution in [3.8, 4) is 5.75 Å². The van der Waals surface area contributed by atoms with Crippen molar-refractivity contribution in [1.82, 2.24) is 0 Å². The van der Waals surface area contributed by atoms with Crippen LogP contribution < -0.4 is 15.8 Å². The van der Waals surface area contributed by atoms with Crippen LogP contribution in [0.1, 0.15) is 30.3 Å². The monoisotopic (exact) mass is 274 g/mol. The lowest BCUT2D eigenvalue weighted by atomic mass is 10.3. The van der Waals surface area contributed by atoms with Crippen LogP contribution in [-0.4, -0.2) is 12.5 Å². The molecule has 2 rings (SSSR count). The number of anilines is 2. The fraction of sp³-hybridized carbons (Fsp3) is 0.267. The number of hydrogen-bond donors (Lipinski definition) is 2. The number of unbranched alkanes of at least 4 members (excludes halogenated alkanes) is 1. The Morgan fingerprint density at radius 3 is 2.60 bits per heavy atom. The van der Waals surface area contributed by atoms with E-state index in [-0.39, 0.29) is 17.6 Å². The van der Waals surface area contributed by atoms with Gasteiger partial charge in [0.25, 0.3) is 5.91 Å². The van der Waals surface area contributed by atoms with Crippen molar-refractivity contribution in [3.05, 3.63) is 42.2 Å². The zero-order chi connectivity index (χ0) is 14.4. The predicted molar refractivity (Wildman–Crippen MR) is 77.9 cm³/mol. The van der Waals surface area contributed by atoms with E-state index in [0.717, 1.165) is 18.6 Å². The lowest BCUT2D eigenvalue weighted by Gasteiger charge is -2.07. The van der Waals surface area contributed by atoms with E-state index in [0.29, 0.717) is 12.3 Å². The minimum absolute atomic E-state index is 0.186. The predicted octanol–water partition coefficient (Wildman–Crippen LogP) is 3.29. The van der Waals surface area contributed by atoms with Gasteiger partial charge in [-0.3, -0.25) is 4.79 Å². The van der Waals surface area contributed by atoms with Gasteiger partial charge in [0, 0.05) is 11.8 Å². The average molecular weight is 274 g/mol. The highest BCUT2D eigenvalue weighted by Crippen LogP contribution is 2.17. The van der Waals surface area contributed by atoms with Crippen molar-refractivity contribution in [2.75, 3.05) is 17.7 Å². The van der Waals surface area contributed by atoms with Crippen LogP contribution >= 0.6 is 0 Å². The topological polar surface area (TPSA) is 77.5 Å². The van der Waals surface area contributed by atoms with E-state index in [2.05, 4.69) is 12.2 Å². The standard InChI is InChI=1S/C15H18N2O3/c1-2-3-10-19-12-6-4-11(5-7-12)17-15(18)13-8-9-14(16)20-13/h4-9H,2-3,10,16H2,1H3,(H,17,18). The summed E-state index contributed by atoms with van der Waals surface area (Å²) in [5.74, 6) is 0.862. The Kier molecular flexibility index (Phi) is 4.65. The van der Waals surface area contributed by atoms with Gasteiger partial charge in [0.15, 0.2) is 11.6 Å². The zero-order valence-corrected chi connectivity index (χ0v) is 11.4. The van der Waals surface area contributed by atoms with Crippen molar-refractivity contribution >= 4 is 17.5 Å². The van der Waals surface area contributed by atoms with Gasteiger partial charge < -0.3 is 20.2 Å². The molecule has 3 N–H and O–H groups in total. The summed E-state index contributed by atoms with van der Waals surface area (Å²) in [5.41, 5.74) is 6.10. The minimum Gasteiger partial charge on any atom is -0.494 e. The van der Waals surface area contributed by atoms with Gasteiger partial charge in [0.1, 0.15) is 5.75 Å². The Balaban J connectivity index is 1.91. The summed E-state index contributed by atoms with van der Waals surface area (Å²) in [6.45, 7) is 2.82. The van der Waals surface area contributed by atoms with Crippen LogP contribution in [0.2, 0.25) is 0 Å². The average Bonchev–Trinajstić information content (AvgIpc) is 2.88. The Hall–Kier alpha value is -2.43. The van der Waals surface area contributed by atoms with Crippen LogP contribution in [0.5, 0.6) is 5.75 Å². The molecule has 0 atom stereocenters. The van der Waals surface area contributed by atoms with Crippen molar-refractivity contribution in [2.45, 2.75) is 19.8 Å². The number of rotatable bonds is 6. The highest BCUT2D eigenvalue weighted by Gasteiger charge is 2.10. The number of benzene rings is 1. The minimum atomic E-state index is -0.332. The first kappa shape index (κ1) is 14.0. The molecule has 0 spiro atoms. The van der Waals surface area contributed by atoms with E-state index in [9.17, 15) is 4.79 Å². The molecule has 0 aliphatic carbocycles. The fourth-order valence-corrected chi connectivity index (χ4v) is 1.64. The molecular weight excluding hydrogens is 256 g/mol. The molecular formula is C15H18N2O3. The Morgan fingerprint density at radius 1 is 1.25 bits per heavy atom. The third-order valence-corrected chi connectivity index (χ3v) is 2.73. The highest BCUT2D eigenvalue weighted by molar-refractivity contribution is 6.02. The Bertz CT molecular complexity index is 561. The first-order valence-electron chi connectivity index (χ1n) is 6.58. The van der Waals surface area contributed by atoms with Crippen molar-refractivity contribution < 1.29 is 13.9 Å². The summed E-state index contributed by atoms with van der Waals surface area (Å²) >= 11 is 0. The van der Waals surface area contributed by atoms with Gasteiger partial charge in [-0.25, -0.2) is 0 Å². The van der Waals surface area contributed by atoms with E-state index in [1.807, 2.05) is 12.1 Å². The zero-order valence-electron chi connectivity index (χ0n) is 11.4. The first-order valence-corrected chi connectivity index (χ1v) is 6.58. The summed E-state index contributed by atoms with van der Waals surface area (Å²) in [7, 11) is 0. The molecule has 0 aliphatic rings. The van der Waals surface area contributed by atoms with Gasteiger partial charge in [0.2, 0.25) is 0 Å². The van der Waals surface area contributed by atoms with Crippen LogP contribution in [0.4, 0.5) is 11.6 Å². The van der Waals surface area contributed by atoms with Crippen molar-refractivity contribution in [3.63, 3.8) is 0 Å². The molecule has 106 valence electrons. The molecule has 0 fully saturated rings. The summed E-state index contributed by atoms with van der Waals surface area (Å²) in [5, 5.41) is 2.72. The van der Waals surface area contributed by atoms with Crippen LogP contribution in [0.25, 0.3) is 0 Å². The maximum Gasteiger partial charge on any atom is 0.291 e. The second kappa shape index (κ2) is 6.65. The van der Waals surface area contributed by atoms with Crippen LogP contribution in [0, 0.1) is 0 Å². The maximum absolute atomic E-state index is 11.8. The van der Waals surface area contributed by atoms with Crippen LogP contribution in [0.3, 0.4) is 0 Å². The number of nitrogens with one attached hydrogen (secondary N) is 1. The summed E-state index contributed by atoms with van der Waals surface area (Å²) in [6.07, 6.45) is 2.12. The molecule has 0 aliphatic heterocycles. The number of hydrogen-bond acceptors (Lipinski definition) is 4. The van der Waals surface area contributed by atoms with Gasteiger partial charge in [0.05, 0.1) is 6.61 Å². The second-order valence-electron chi connectivity index (χ2n) is 4.38. The van der Waals surface area contributed by atoms with E-state index in [1.165, 1.54) is 6.07 Å². The van der Waals surface area contributed by atoms with Crippen LogP contribution in [-0.2, 0) is 0 Å². The van der Waals surface area contributed by atoms with Gasteiger partial charge >= 0.3 is 0 Å². The second-order valence-corrected chi connectivity index (χ2v) is 4.38. The van der Waals surface area contributed by atoms with E-state index in [1.54, 1.807) is 18.2 Å². The molecule has 2 aromatic rings.